The van der Waals surface area contributed by atoms with Gasteiger partial charge in [-0.05, 0) is 86.7 Å². The van der Waals surface area contributed by atoms with E-state index in [2.05, 4.69) is 80.3 Å². The van der Waals surface area contributed by atoms with Crippen molar-refractivity contribution in [3.05, 3.63) is 102 Å². The number of rotatable bonds is 6. The van der Waals surface area contributed by atoms with Gasteiger partial charge in [-0.25, -0.2) is 4.98 Å². The molecule has 4 aromatic rings. The Morgan fingerprint density at radius 2 is 1.44 bits per heavy atom. The number of likely N-dealkylation sites (tertiary alicyclic amines) is 1. The first-order chi connectivity index (χ1) is 19.2. The summed E-state index contributed by atoms with van der Waals surface area (Å²) in [5.74, 6) is 0.171. The number of benzene rings is 3. The van der Waals surface area contributed by atoms with Crippen molar-refractivity contribution in [3.8, 4) is 0 Å². The molecule has 5 nitrogen and oxygen atoms in total. The fraction of sp³-hybridized carbons (Fsp3) is 0.412. The average Bonchev–Trinajstić information content (AvgIpc) is 3.54. The van der Waals surface area contributed by atoms with Crippen molar-refractivity contribution in [1.29, 1.82) is 0 Å². The lowest BCUT2D eigenvalue weighted by Gasteiger charge is -2.45. The Morgan fingerprint density at radius 3 is 2.15 bits per heavy atom. The van der Waals surface area contributed by atoms with E-state index in [0.717, 1.165) is 50.0 Å². The number of imidazole rings is 1. The molecule has 3 aliphatic heterocycles. The molecule has 2 bridgehead atoms. The first-order valence-corrected chi connectivity index (χ1v) is 14.8. The fourth-order valence-electron chi connectivity index (χ4n) is 7.83. The zero-order valence-electron chi connectivity index (χ0n) is 22.7. The minimum Gasteiger partial charge on any atom is -0.339 e. The molecule has 3 atom stereocenters. The molecule has 1 unspecified atom stereocenters. The quantitative estimate of drug-likeness (QED) is 0.294. The van der Waals surface area contributed by atoms with Crippen LogP contribution in [-0.2, 0) is 5.41 Å². The standard InChI is InChI=1S/C34H38N4O/c39-33(26-9-3-1-4-10-26)36-20-17-34(18-21-36,27-11-5-2-6-12-27)19-22-37-28-15-16-29(37)24-30(23-28)38-25-35-31-13-7-8-14-32(31)38/h1-14,25,28-30H,15-24H2/t28-,29+,30?. The maximum atomic E-state index is 13.2. The summed E-state index contributed by atoms with van der Waals surface area (Å²) in [7, 11) is 0. The van der Waals surface area contributed by atoms with Crippen LogP contribution in [0.2, 0.25) is 0 Å². The van der Waals surface area contributed by atoms with Gasteiger partial charge < -0.3 is 9.47 Å². The summed E-state index contributed by atoms with van der Waals surface area (Å²) >= 11 is 0. The lowest BCUT2D eigenvalue weighted by Crippen LogP contribution is -2.49. The molecule has 3 fully saturated rings. The van der Waals surface area contributed by atoms with Crippen molar-refractivity contribution >= 4 is 16.9 Å². The van der Waals surface area contributed by atoms with Gasteiger partial charge >= 0.3 is 0 Å². The lowest BCUT2D eigenvalue weighted by molar-refractivity contribution is 0.0607. The smallest absolute Gasteiger partial charge is 0.253 e. The van der Waals surface area contributed by atoms with Crippen molar-refractivity contribution in [2.24, 2.45) is 0 Å². The van der Waals surface area contributed by atoms with Gasteiger partial charge in [0.2, 0.25) is 0 Å². The van der Waals surface area contributed by atoms with E-state index in [1.54, 1.807) is 0 Å². The van der Waals surface area contributed by atoms with E-state index < -0.39 is 0 Å². The highest BCUT2D eigenvalue weighted by Crippen LogP contribution is 2.44. The van der Waals surface area contributed by atoms with E-state index in [0.29, 0.717) is 18.1 Å². The molecule has 7 rings (SSSR count). The number of fused-ring (bicyclic) bond motifs is 3. The third-order valence-corrected chi connectivity index (χ3v) is 10.00. The molecule has 0 spiro atoms. The molecule has 1 aromatic heterocycles. The van der Waals surface area contributed by atoms with E-state index in [-0.39, 0.29) is 11.3 Å². The van der Waals surface area contributed by atoms with E-state index in [1.807, 2.05) is 30.3 Å². The van der Waals surface area contributed by atoms with Gasteiger partial charge in [0.05, 0.1) is 17.4 Å². The van der Waals surface area contributed by atoms with E-state index in [1.165, 1.54) is 36.8 Å². The maximum absolute atomic E-state index is 13.2. The van der Waals surface area contributed by atoms with Crippen LogP contribution in [0, 0.1) is 0 Å². The van der Waals surface area contributed by atoms with Gasteiger partial charge in [-0.1, -0.05) is 60.7 Å². The Labute approximate surface area is 231 Å². The summed E-state index contributed by atoms with van der Waals surface area (Å²) in [6.07, 6.45) is 10.3. The average molecular weight is 519 g/mol. The molecule has 1 amide bonds. The molecular formula is C34H38N4O. The molecule has 0 radical (unpaired) electrons. The number of nitrogens with zero attached hydrogens (tertiary/aromatic N) is 4. The predicted octanol–water partition coefficient (Wildman–Crippen LogP) is 6.47. The second kappa shape index (κ2) is 10.3. The Morgan fingerprint density at radius 1 is 0.795 bits per heavy atom. The minimum atomic E-state index is 0.131. The molecule has 4 heterocycles. The predicted molar refractivity (Wildman–Crippen MR) is 156 cm³/mol. The SMILES string of the molecule is O=C(c1ccccc1)N1CCC(CCN2[C@@H]3CC[C@H]2CC(n2cnc4ccccc42)C3)(c2ccccc2)CC1. The second-order valence-corrected chi connectivity index (χ2v) is 11.9. The number of carbonyl (C=O) groups is 1. The van der Waals surface area contributed by atoms with Gasteiger partial charge in [0.15, 0.2) is 0 Å². The normalized spacial score (nSPS) is 24.7. The van der Waals surface area contributed by atoms with Gasteiger partial charge in [-0.2, -0.15) is 0 Å². The molecule has 200 valence electrons. The number of carbonyl (C=O) groups excluding carboxylic acids is 1. The topological polar surface area (TPSA) is 41.4 Å². The molecule has 39 heavy (non-hydrogen) atoms. The summed E-state index contributed by atoms with van der Waals surface area (Å²) in [6, 6.07) is 31.3. The number of amides is 1. The number of hydrogen-bond acceptors (Lipinski definition) is 3. The first-order valence-electron chi connectivity index (χ1n) is 14.8. The number of aromatic nitrogens is 2. The molecule has 3 aromatic carbocycles. The minimum absolute atomic E-state index is 0.131. The Kier molecular flexibility index (Phi) is 6.48. The van der Waals surface area contributed by atoms with Crippen molar-refractivity contribution in [3.63, 3.8) is 0 Å². The third kappa shape index (κ3) is 4.57. The van der Waals surface area contributed by atoms with E-state index in [9.17, 15) is 4.79 Å². The van der Waals surface area contributed by atoms with Crippen molar-refractivity contribution < 1.29 is 4.79 Å². The molecule has 0 aliphatic carbocycles. The van der Waals surface area contributed by atoms with Crippen LogP contribution in [0.15, 0.2) is 91.3 Å². The van der Waals surface area contributed by atoms with Crippen LogP contribution < -0.4 is 0 Å². The van der Waals surface area contributed by atoms with Gasteiger partial charge in [-0.15, -0.1) is 0 Å². The Balaban J connectivity index is 1.06. The Hall–Kier alpha value is -3.44. The highest BCUT2D eigenvalue weighted by Gasteiger charge is 2.44. The summed E-state index contributed by atoms with van der Waals surface area (Å²) in [5, 5.41) is 0. The molecular weight excluding hydrogens is 480 g/mol. The lowest BCUT2D eigenvalue weighted by atomic mass is 9.70. The van der Waals surface area contributed by atoms with Gasteiger partial charge in [0, 0.05) is 36.8 Å². The molecule has 0 saturated carbocycles. The third-order valence-electron chi connectivity index (χ3n) is 10.00. The summed E-state index contributed by atoms with van der Waals surface area (Å²) in [5.41, 5.74) is 4.76. The van der Waals surface area contributed by atoms with Crippen LogP contribution in [-0.4, -0.2) is 57.0 Å². The second-order valence-electron chi connectivity index (χ2n) is 11.9. The molecule has 3 aliphatic rings. The van der Waals surface area contributed by atoms with Gasteiger partial charge in [0.1, 0.15) is 0 Å². The van der Waals surface area contributed by atoms with Crippen LogP contribution in [0.3, 0.4) is 0 Å². The highest BCUT2D eigenvalue weighted by molar-refractivity contribution is 5.94. The summed E-state index contributed by atoms with van der Waals surface area (Å²) in [4.78, 5) is 22.8. The van der Waals surface area contributed by atoms with E-state index in [4.69, 9.17) is 0 Å². The van der Waals surface area contributed by atoms with Crippen molar-refractivity contribution in [2.45, 2.75) is 68.5 Å². The molecule has 3 saturated heterocycles. The highest BCUT2D eigenvalue weighted by atomic mass is 16.2. The van der Waals surface area contributed by atoms with Crippen molar-refractivity contribution in [2.75, 3.05) is 19.6 Å². The van der Waals surface area contributed by atoms with E-state index >= 15 is 0 Å². The number of para-hydroxylation sites is 2. The maximum Gasteiger partial charge on any atom is 0.253 e. The van der Waals surface area contributed by atoms with Crippen LogP contribution in [0.1, 0.15) is 66.9 Å². The zero-order chi connectivity index (χ0) is 26.2. The summed E-state index contributed by atoms with van der Waals surface area (Å²) < 4.78 is 2.45. The van der Waals surface area contributed by atoms with Crippen LogP contribution >= 0.6 is 0 Å². The number of hydrogen-bond donors (Lipinski definition) is 0. The molecule has 5 heteroatoms. The largest absolute Gasteiger partial charge is 0.339 e. The van der Waals surface area contributed by atoms with Crippen molar-refractivity contribution in [1.82, 2.24) is 19.4 Å². The number of piperidine rings is 2. The summed E-state index contributed by atoms with van der Waals surface area (Å²) in [6.45, 7) is 2.80. The monoisotopic (exact) mass is 518 g/mol. The molecule has 0 N–H and O–H groups in total. The zero-order valence-corrected chi connectivity index (χ0v) is 22.7. The van der Waals surface area contributed by atoms with Crippen LogP contribution in [0.25, 0.3) is 11.0 Å². The Bertz CT molecular complexity index is 1410. The van der Waals surface area contributed by atoms with Crippen LogP contribution in [0.5, 0.6) is 0 Å². The van der Waals surface area contributed by atoms with Gasteiger partial charge in [-0.3, -0.25) is 9.69 Å². The van der Waals surface area contributed by atoms with Crippen LogP contribution in [0.4, 0.5) is 0 Å². The fourth-order valence-corrected chi connectivity index (χ4v) is 7.83. The first kappa shape index (κ1) is 24.6. The van der Waals surface area contributed by atoms with Gasteiger partial charge in [0.25, 0.3) is 5.91 Å².